The van der Waals surface area contributed by atoms with E-state index in [4.69, 9.17) is 9.47 Å². The van der Waals surface area contributed by atoms with Gasteiger partial charge in [-0.3, -0.25) is 9.10 Å². The molecule has 3 rings (SSSR count). The van der Waals surface area contributed by atoms with Crippen LogP contribution in [0.2, 0.25) is 0 Å². The van der Waals surface area contributed by atoms with Gasteiger partial charge in [0.2, 0.25) is 15.9 Å². The summed E-state index contributed by atoms with van der Waals surface area (Å²) in [7, 11) is -3.62. The summed E-state index contributed by atoms with van der Waals surface area (Å²) < 4.78 is 36.6. The van der Waals surface area contributed by atoms with Crippen molar-refractivity contribution in [3.63, 3.8) is 0 Å². The predicted molar refractivity (Wildman–Crippen MR) is 107 cm³/mol. The number of benzene rings is 2. The van der Waals surface area contributed by atoms with E-state index in [0.717, 1.165) is 23.4 Å². The van der Waals surface area contributed by atoms with Crippen LogP contribution in [0.3, 0.4) is 0 Å². The van der Waals surface area contributed by atoms with Crippen LogP contribution in [0.1, 0.15) is 12.8 Å². The van der Waals surface area contributed by atoms with Crippen LogP contribution in [-0.4, -0.2) is 46.4 Å². The Morgan fingerprint density at radius 3 is 2.43 bits per heavy atom. The summed E-state index contributed by atoms with van der Waals surface area (Å²) in [5, 5.41) is 2.75. The molecule has 1 aliphatic heterocycles. The van der Waals surface area contributed by atoms with Crippen molar-refractivity contribution in [1.82, 2.24) is 5.32 Å². The zero-order chi connectivity index (χ0) is 20.0. The first kappa shape index (κ1) is 20.2. The largest absolute Gasteiger partial charge is 0.457 e. The van der Waals surface area contributed by atoms with Crippen LogP contribution in [0.25, 0.3) is 0 Å². The first-order valence-corrected chi connectivity index (χ1v) is 11.0. The minimum Gasteiger partial charge on any atom is -0.457 e. The molecule has 7 nitrogen and oxygen atoms in total. The molecule has 0 saturated carbocycles. The van der Waals surface area contributed by atoms with Gasteiger partial charge < -0.3 is 14.8 Å². The Bertz CT molecular complexity index is 879. The maximum atomic E-state index is 12.2. The number of hydrogen-bond acceptors (Lipinski definition) is 5. The second-order valence-electron chi connectivity index (χ2n) is 6.62. The van der Waals surface area contributed by atoms with Crippen LogP contribution in [0, 0.1) is 0 Å². The van der Waals surface area contributed by atoms with Gasteiger partial charge in [-0.15, -0.1) is 0 Å². The Morgan fingerprint density at radius 1 is 1.14 bits per heavy atom. The molecule has 2 aromatic carbocycles. The Balaban J connectivity index is 1.64. The van der Waals surface area contributed by atoms with E-state index in [-0.39, 0.29) is 18.6 Å². The third-order valence-electron chi connectivity index (χ3n) is 4.34. The van der Waals surface area contributed by atoms with Crippen molar-refractivity contribution in [1.29, 1.82) is 0 Å². The third kappa shape index (κ3) is 5.71. The van der Waals surface area contributed by atoms with Crippen molar-refractivity contribution in [3.8, 4) is 11.5 Å². The van der Waals surface area contributed by atoms with E-state index in [1.807, 2.05) is 30.3 Å². The number of rotatable bonds is 8. The Labute approximate surface area is 165 Å². The highest BCUT2D eigenvalue weighted by Crippen LogP contribution is 2.25. The first-order valence-electron chi connectivity index (χ1n) is 9.11. The summed E-state index contributed by atoms with van der Waals surface area (Å²) >= 11 is 0. The third-order valence-corrected chi connectivity index (χ3v) is 5.48. The summed E-state index contributed by atoms with van der Waals surface area (Å²) in [6, 6.07) is 15.9. The molecular weight excluding hydrogens is 380 g/mol. The van der Waals surface area contributed by atoms with Crippen LogP contribution < -0.4 is 14.4 Å². The molecule has 1 amide bonds. The van der Waals surface area contributed by atoms with Crippen LogP contribution >= 0.6 is 0 Å². The Kier molecular flexibility index (Phi) is 6.53. The molecule has 1 unspecified atom stereocenters. The summed E-state index contributed by atoms with van der Waals surface area (Å²) in [5.74, 6) is 0.889. The highest BCUT2D eigenvalue weighted by atomic mass is 32.2. The molecule has 0 aliphatic carbocycles. The van der Waals surface area contributed by atoms with Gasteiger partial charge in [0.25, 0.3) is 0 Å². The quantitative estimate of drug-likeness (QED) is 0.731. The summed E-state index contributed by atoms with van der Waals surface area (Å²) in [6.45, 7) is 0.804. The smallest absolute Gasteiger partial charge is 0.240 e. The molecule has 1 saturated heterocycles. The fourth-order valence-electron chi connectivity index (χ4n) is 2.92. The van der Waals surface area contributed by atoms with Gasteiger partial charge in [-0.05, 0) is 49.2 Å². The monoisotopic (exact) mass is 404 g/mol. The number of para-hydroxylation sites is 1. The lowest BCUT2D eigenvalue weighted by Crippen LogP contribution is -2.42. The SMILES string of the molecule is CS(=O)(=O)N(CC(=O)NCC1CCCO1)c1ccc(Oc2ccccc2)cc1. The maximum Gasteiger partial charge on any atom is 0.240 e. The van der Waals surface area contributed by atoms with Crippen molar-refractivity contribution in [2.24, 2.45) is 0 Å². The van der Waals surface area contributed by atoms with Gasteiger partial charge in [0.15, 0.2) is 0 Å². The molecule has 1 atom stereocenters. The van der Waals surface area contributed by atoms with Gasteiger partial charge >= 0.3 is 0 Å². The molecule has 0 aromatic heterocycles. The molecule has 2 aromatic rings. The van der Waals surface area contributed by atoms with Crippen LogP contribution in [0.15, 0.2) is 54.6 Å². The topological polar surface area (TPSA) is 84.9 Å². The minimum absolute atomic E-state index is 0.00468. The zero-order valence-corrected chi connectivity index (χ0v) is 16.5. The lowest BCUT2D eigenvalue weighted by atomic mass is 10.2. The number of ether oxygens (including phenoxy) is 2. The van der Waals surface area contributed by atoms with E-state index < -0.39 is 10.0 Å². The molecule has 0 bridgehead atoms. The Hall–Kier alpha value is -2.58. The molecular formula is C20H24N2O5S. The molecule has 150 valence electrons. The summed E-state index contributed by atoms with van der Waals surface area (Å²) in [6.07, 6.45) is 2.96. The lowest BCUT2D eigenvalue weighted by molar-refractivity contribution is -0.120. The molecule has 0 spiro atoms. The first-order chi connectivity index (χ1) is 13.4. The standard InChI is InChI=1S/C20H24N2O5S/c1-28(24,25)22(15-20(23)21-14-19-8-5-13-26-19)16-9-11-18(12-10-16)27-17-6-3-2-4-7-17/h2-4,6-7,9-12,19H,5,8,13-15H2,1H3,(H,21,23). The second-order valence-corrected chi connectivity index (χ2v) is 8.52. The minimum atomic E-state index is -3.62. The normalized spacial score (nSPS) is 16.5. The highest BCUT2D eigenvalue weighted by molar-refractivity contribution is 7.92. The predicted octanol–water partition coefficient (Wildman–Crippen LogP) is 2.54. The number of hydrogen-bond donors (Lipinski definition) is 1. The molecule has 0 radical (unpaired) electrons. The average molecular weight is 404 g/mol. The van der Waals surface area contributed by atoms with Crippen LogP contribution in [0.5, 0.6) is 11.5 Å². The van der Waals surface area contributed by atoms with Gasteiger partial charge in [-0.2, -0.15) is 0 Å². The number of sulfonamides is 1. The zero-order valence-electron chi connectivity index (χ0n) is 15.7. The van der Waals surface area contributed by atoms with E-state index in [0.29, 0.717) is 30.3 Å². The molecule has 1 aliphatic rings. The molecule has 1 heterocycles. The number of amides is 1. The summed E-state index contributed by atoms with van der Waals surface area (Å²) in [4.78, 5) is 12.2. The maximum absolute atomic E-state index is 12.2. The van der Waals surface area contributed by atoms with Crippen LogP contribution in [-0.2, 0) is 19.6 Å². The number of nitrogens with one attached hydrogen (secondary N) is 1. The van der Waals surface area contributed by atoms with Gasteiger partial charge in [-0.25, -0.2) is 8.42 Å². The van der Waals surface area contributed by atoms with Gasteiger partial charge in [-0.1, -0.05) is 18.2 Å². The summed E-state index contributed by atoms with van der Waals surface area (Å²) in [5.41, 5.74) is 0.398. The molecule has 1 N–H and O–H groups in total. The molecule has 28 heavy (non-hydrogen) atoms. The van der Waals surface area contributed by atoms with Crippen LogP contribution in [0.4, 0.5) is 5.69 Å². The number of carbonyl (C=O) groups excluding carboxylic acids is 1. The van der Waals surface area contributed by atoms with E-state index >= 15 is 0 Å². The fraction of sp³-hybridized carbons (Fsp3) is 0.350. The van der Waals surface area contributed by atoms with Crippen molar-refractivity contribution in [2.75, 3.05) is 30.3 Å². The number of nitrogens with zero attached hydrogens (tertiary/aromatic N) is 1. The average Bonchev–Trinajstić information content (AvgIpc) is 3.19. The van der Waals surface area contributed by atoms with E-state index in [1.165, 1.54) is 0 Å². The molecule has 1 fully saturated rings. The van der Waals surface area contributed by atoms with Gasteiger partial charge in [0.05, 0.1) is 18.0 Å². The number of anilines is 1. The fourth-order valence-corrected chi connectivity index (χ4v) is 3.78. The number of carbonyl (C=O) groups is 1. The molecule has 8 heteroatoms. The van der Waals surface area contributed by atoms with Crippen molar-refractivity contribution in [2.45, 2.75) is 18.9 Å². The van der Waals surface area contributed by atoms with E-state index in [2.05, 4.69) is 5.32 Å². The van der Waals surface area contributed by atoms with E-state index in [1.54, 1.807) is 24.3 Å². The van der Waals surface area contributed by atoms with Crippen molar-refractivity contribution >= 4 is 21.6 Å². The van der Waals surface area contributed by atoms with E-state index in [9.17, 15) is 13.2 Å². The van der Waals surface area contributed by atoms with Gasteiger partial charge in [0, 0.05) is 13.2 Å². The highest BCUT2D eigenvalue weighted by Gasteiger charge is 2.22. The second kappa shape index (κ2) is 9.07. The van der Waals surface area contributed by atoms with Crippen molar-refractivity contribution in [3.05, 3.63) is 54.6 Å². The Morgan fingerprint density at radius 2 is 1.82 bits per heavy atom. The van der Waals surface area contributed by atoms with Gasteiger partial charge in [0.1, 0.15) is 18.0 Å². The van der Waals surface area contributed by atoms with Crippen molar-refractivity contribution < 1.29 is 22.7 Å². The lowest BCUT2D eigenvalue weighted by Gasteiger charge is -2.22.